The van der Waals surface area contributed by atoms with Crippen LogP contribution in [0.1, 0.15) is 24.7 Å². The maximum Gasteiger partial charge on any atom is 0.224 e. The van der Waals surface area contributed by atoms with E-state index < -0.39 is 0 Å². The summed E-state index contributed by atoms with van der Waals surface area (Å²) in [7, 11) is 0. The average Bonchev–Trinajstić information content (AvgIpc) is 2.93. The van der Waals surface area contributed by atoms with Crippen molar-refractivity contribution in [2.45, 2.75) is 33.4 Å². The zero-order valence-corrected chi connectivity index (χ0v) is 11.9. The normalized spacial score (nSPS) is 14.2. The molecule has 0 aromatic carbocycles. The van der Waals surface area contributed by atoms with Gasteiger partial charge in [0.1, 0.15) is 12.1 Å². The quantitative estimate of drug-likeness (QED) is 0.903. The molecule has 2 aromatic rings. The minimum Gasteiger partial charge on any atom is -0.354 e. The van der Waals surface area contributed by atoms with Crippen molar-refractivity contribution in [2.24, 2.45) is 0 Å². The van der Waals surface area contributed by atoms with Crippen molar-refractivity contribution in [3.63, 3.8) is 0 Å². The standard InChI is InChI=1S/C13H19N7/c1-3-4-14-13-15-7-10(2)12(17-13)19-5-6-20-9-16-18-11(20)8-19/h7,9H,3-6,8H2,1-2H3,(H,14,15,17). The number of fused-ring (bicyclic) bond motifs is 1. The van der Waals surface area contributed by atoms with Crippen molar-refractivity contribution >= 4 is 11.8 Å². The van der Waals surface area contributed by atoms with Crippen LogP contribution >= 0.6 is 0 Å². The molecule has 20 heavy (non-hydrogen) atoms. The predicted octanol–water partition coefficient (Wildman–Crippen LogP) is 1.22. The fourth-order valence-corrected chi connectivity index (χ4v) is 2.32. The molecule has 0 spiro atoms. The molecule has 0 aliphatic carbocycles. The Balaban J connectivity index is 1.83. The van der Waals surface area contributed by atoms with Gasteiger partial charge in [-0.05, 0) is 13.3 Å². The smallest absolute Gasteiger partial charge is 0.224 e. The maximum absolute atomic E-state index is 4.64. The summed E-state index contributed by atoms with van der Waals surface area (Å²) in [6, 6.07) is 0. The summed E-state index contributed by atoms with van der Waals surface area (Å²) in [5.74, 6) is 2.66. The number of hydrogen-bond donors (Lipinski definition) is 1. The van der Waals surface area contributed by atoms with E-state index in [0.717, 1.165) is 49.8 Å². The predicted molar refractivity (Wildman–Crippen MR) is 76.6 cm³/mol. The van der Waals surface area contributed by atoms with E-state index in [4.69, 9.17) is 0 Å². The summed E-state index contributed by atoms with van der Waals surface area (Å²) in [5, 5.41) is 11.3. The summed E-state index contributed by atoms with van der Waals surface area (Å²) in [6.07, 6.45) is 4.72. The molecule has 0 fully saturated rings. The van der Waals surface area contributed by atoms with Gasteiger partial charge in [-0.3, -0.25) is 0 Å². The van der Waals surface area contributed by atoms with E-state index in [1.807, 2.05) is 13.1 Å². The number of hydrogen-bond acceptors (Lipinski definition) is 6. The molecule has 3 heterocycles. The van der Waals surface area contributed by atoms with Gasteiger partial charge in [0.15, 0.2) is 5.82 Å². The van der Waals surface area contributed by atoms with Crippen molar-refractivity contribution in [3.8, 4) is 0 Å². The third-order valence-electron chi connectivity index (χ3n) is 3.42. The number of aryl methyl sites for hydroxylation is 1. The Bertz CT molecular complexity index is 592. The van der Waals surface area contributed by atoms with E-state index in [9.17, 15) is 0 Å². The fraction of sp³-hybridized carbons (Fsp3) is 0.538. The van der Waals surface area contributed by atoms with Crippen LogP contribution in [0.2, 0.25) is 0 Å². The molecule has 0 amide bonds. The number of nitrogens with zero attached hydrogens (tertiary/aromatic N) is 6. The molecule has 7 nitrogen and oxygen atoms in total. The lowest BCUT2D eigenvalue weighted by Gasteiger charge is -2.29. The largest absolute Gasteiger partial charge is 0.354 e. The molecule has 0 saturated carbocycles. The van der Waals surface area contributed by atoms with Crippen molar-refractivity contribution < 1.29 is 0 Å². The molecule has 0 bridgehead atoms. The minimum absolute atomic E-state index is 0.694. The first-order valence-corrected chi connectivity index (χ1v) is 6.97. The van der Waals surface area contributed by atoms with Crippen LogP contribution in [0, 0.1) is 6.92 Å². The van der Waals surface area contributed by atoms with Crippen molar-refractivity contribution in [1.82, 2.24) is 24.7 Å². The van der Waals surface area contributed by atoms with Crippen LogP contribution in [0.15, 0.2) is 12.5 Å². The number of rotatable bonds is 4. The molecule has 106 valence electrons. The molecule has 0 saturated heterocycles. The van der Waals surface area contributed by atoms with E-state index >= 15 is 0 Å². The van der Waals surface area contributed by atoms with Gasteiger partial charge in [-0.25, -0.2) is 4.98 Å². The van der Waals surface area contributed by atoms with Gasteiger partial charge in [0.25, 0.3) is 0 Å². The van der Waals surface area contributed by atoms with E-state index in [1.54, 1.807) is 6.33 Å². The van der Waals surface area contributed by atoms with Crippen LogP contribution in [-0.4, -0.2) is 37.8 Å². The second kappa shape index (κ2) is 5.44. The Labute approximate surface area is 118 Å². The first-order valence-electron chi connectivity index (χ1n) is 6.97. The third kappa shape index (κ3) is 2.43. The monoisotopic (exact) mass is 273 g/mol. The van der Waals surface area contributed by atoms with Gasteiger partial charge in [-0.1, -0.05) is 6.92 Å². The minimum atomic E-state index is 0.694. The highest BCUT2D eigenvalue weighted by atomic mass is 15.3. The molecule has 1 N–H and O–H groups in total. The first kappa shape index (κ1) is 12.8. The highest BCUT2D eigenvalue weighted by Gasteiger charge is 2.20. The topological polar surface area (TPSA) is 71.8 Å². The summed E-state index contributed by atoms with van der Waals surface area (Å²) in [6.45, 7) is 7.60. The fourth-order valence-electron chi connectivity index (χ4n) is 2.32. The highest BCUT2D eigenvalue weighted by Crippen LogP contribution is 2.22. The lowest BCUT2D eigenvalue weighted by Crippen LogP contribution is -2.34. The SMILES string of the molecule is CCCNc1ncc(C)c(N2CCn3cnnc3C2)n1. The Kier molecular flexibility index (Phi) is 3.49. The molecule has 2 aromatic heterocycles. The number of aromatic nitrogens is 5. The van der Waals surface area contributed by atoms with Gasteiger partial charge in [-0.15, -0.1) is 10.2 Å². The Morgan fingerprint density at radius 3 is 3.10 bits per heavy atom. The summed E-state index contributed by atoms with van der Waals surface area (Å²) in [4.78, 5) is 11.2. The molecule has 0 atom stereocenters. The first-order chi connectivity index (χ1) is 9.78. The van der Waals surface area contributed by atoms with Crippen LogP contribution in [0.5, 0.6) is 0 Å². The van der Waals surface area contributed by atoms with Crippen molar-refractivity contribution in [3.05, 3.63) is 23.9 Å². The zero-order chi connectivity index (χ0) is 13.9. The zero-order valence-electron chi connectivity index (χ0n) is 11.9. The summed E-state index contributed by atoms with van der Waals surface area (Å²) < 4.78 is 2.09. The lowest BCUT2D eigenvalue weighted by atomic mass is 10.3. The molecule has 1 aliphatic heterocycles. The molecule has 0 unspecified atom stereocenters. The second-order valence-corrected chi connectivity index (χ2v) is 4.99. The van der Waals surface area contributed by atoms with Crippen LogP contribution in [0.25, 0.3) is 0 Å². The number of anilines is 2. The van der Waals surface area contributed by atoms with Crippen LogP contribution in [0.4, 0.5) is 11.8 Å². The Hall–Kier alpha value is -2.18. The van der Waals surface area contributed by atoms with Gasteiger partial charge in [0, 0.05) is 31.4 Å². The van der Waals surface area contributed by atoms with E-state index in [1.165, 1.54) is 0 Å². The molecule has 0 radical (unpaired) electrons. The molecule has 1 aliphatic rings. The van der Waals surface area contributed by atoms with Gasteiger partial charge < -0.3 is 14.8 Å². The molecular formula is C13H19N7. The van der Waals surface area contributed by atoms with Gasteiger partial charge in [0.2, 0.25) is 5.95 Å². The van der Waals surface area contributed by atoms with E-state index in [0.29, 0.717) is 5.95 Å². The Morgan fingerprint density at radius 1 is 1.35 bits per heavy atom. The molecule has 7 heteroatoms. The molecule has 3 rings (SSSR count). The van der Waals surface area contributed by atoms with Crippen molar-refractivity contribution in [2.75, 3.05) is 23.3 Å². The van der Waals surface area contributed by atoms with Crippen LogP contribution in [-0.2, 0) is 13.1 Å². The van der Waals surface area contributed by atoms with Crippen molar-refractivity contribution in [1.29, 1.82) is 0 Å². The third-order valence-corrected chi connectivity index (χ3v) is 3.42. The van der Waals surface area contributed by atoms with E-state index in [2.05, 4.69) is 41.9 Å². The maximum atomic E-state index is 4.64. The lowest BCUT2D eigenvalue weighted by molar-refractivity contribution is 0.555. The van der Waals surface area contributed by atoms with Gasteiger partial charge in [0.05, 0.1) is 6.54 Å². The highest BCUT2D eigenvalue weighted by molar-refractivity contribution is 5.49. The second-order valence-electron chi connectivity index (χ2n) is 4.99. The van der Waals surface area contributed by atoms with Gasteiger partial charge in [-0.2, -0.15) is 4.98 Å². The summed E-state index contributed by atoms with van der Waals surface area (Å²) >= 11 is 0. The number of nitrogens with one attached hydrogen (secondary N) is 1. The average molecular weight is 273 g/mol. The Morgan fingerprint density at radius 2 is 2.25 bits per heavy atom. The summed E-state index contributed by atoms with van der Waals surface area (Å²) in [5.41, 5.74) is 1.08. The van der Waals surface area contributed by atoms with Crippen LogP contribution < -0.4 is 10.2 Å². The van der Waals surface area contributed by atoms with E-state index in [-0.39, 0.29) is 0 Å². The van der Waals surface area contributed by atoms with Gasteiger partial charge >= 0.3 is 0 Å². The molecular weight excluding hydrogens is 254 g/mol. The van der Waals surface area contributed by atoms with Crippen LogP contribution in [0.3, 0.4) is 0 Å².